The van der Waals surface area contributed by atoms with E-state index in [0.717, 1.165) is 11.3 Å². The summed E-state index contributed by atoms with van der Waals surface area (Å²) < 4.78 is 7.11. The van der Waals surface area contributed by atoms with Crippen LogP contribution in [0.5, 0.6) is 0 Å². The van der Waals surface area contributed by atoms with Crippen molar-refractivity contribution in [3.8, 4) is 11.3 Å². The lowest BCUT2D eigenvalue weighted by atomic mass is 9.84. The topological polar surface area (TPSA) is 149 Å². The number of ketones is 1. The molecule has 11 heteroatoms. The van der Waals surface area contributed by atoms with Crippen LogP contribution in [0, 0.1) is 5.92 Å². The van der Waals surface area contributed by atoms with Crippen LogP contribution < -0.4 is 21.5 Å². The highest BCUT2D eigenvalue weighted by Gasteiger charge is 2.34. The normalized spacial score (nSPS) is 12.3. The Labute approximate surface area is 238 Å². The Morgan fingerprint density at radius 2 is 1.71 bits per heavy atom. The first kappa shape index (κ1) is 29.2. The van der Waals surface area contributed by atoms with E-state index in [1.54, 1.807) is 26.0 Å². The fourth-order valence-corrected chi connectivity index (χ4v) is 4.41. The van der Waals surface area contributed by atoms with E-state index < -0.39 is 28.7 Å². The van der Waals surface area contributed by atoms with Crippen molar-refractivity contribution in [2.24, 2.45) is 5.92 Å². The van der Waals surface area contributed by atoms with Crippen molar-refractivity contribution < 1.29 is 14.0 Å². The van der Waals surface area contributed by atoms with Crippen molar-refractivity contribution in [2.45, 2.75) is 45.7 Å². The molecular weight excluding hydrogens is 522 g/mol. The van der Waals surface area contributed by atoms with Gasteiger partial charge in [-0.3, -0.25) is 19.0 Å². The van der Waals surface area contributed by atoms with Gasteiger partial charge in [-0.15, -0.1) is 10.2 Å². The number of nitrogens with one attached hydrogen (secondary N) is 1. The van der Waals surface area contributed by atoms with Gasteiger partial charge in [-0.25, -0.2) is 4.98 Å². The zero-order chi connectivity index (χ0) is 29.9. The number of aromatic nitrogens is 4. The molecule has 4 aromatic rings. The van der Waals surface area contributed by atoms with Crippen LogP contribution >= 0.6 is 0 Å². The van der Waals surface area contributed by atoms with Gasteiger partial charge in [0.2, 0.25) is 17.6 Å². The van der Waals surface area contributed by atoms with Gasteiger partial charge in [-0.05, 0) is 43.0 Å². The number of benzene rings is 2. The minimum atomic E-state index is -0.964. The summed E-state index contributed by atoms with van der Waals surface area (Å²) in [6.45, 7) is 7.09. The molecular formula is C30H35N7O4. The van der Waals surface area contributed by atoms with Gasteiger partial charge in [-0.2, -0.15) is 0 Å². The first-order valence-corrected chi connectivity index (χ1v) is 13.3. The second kappa shape index (κ2) is 11.7. The van der Waals surface area contributed by atoms with Crippen LogP contribution in [0.3, 0.4) is 0 Å². The molecule has 2 aromatic carbocycles. The van der Waals surface area contributed by atoms with Gasteiger partial charge in [-0.1, -0.05) is 56.3 Å². The first-order chi connectivity index (χ1) is 19.4. The molecule has 0 aliphatic rings. The molecule has 0 saturated carbocycles. The molecule has 0 aliphatic heterocycles. The van der Waals surface area contributed by atoms with Crippen LogP contribution in [0.25, 0.3) is 11.3 Å². The molecule has 0 fully saturated rings. The fourth-order valence-electron chi connectivity index (χ4n) is 4.41. The summed E-state index contributed by atoms with van der Waals surface area (Å²) in [5.74, 6) is -1.53. The molecule has 214 valence electrons. The second-order valence-electron chi connectivity index (χ2n) is 10.9. The zero-order valence-corrected chi connectivity index (χ0v) is 24.1. The highest BCUT2D eigenvalue weighted by molar-refractivity contribution is 5.98. The number of hydrogen-bond acceptors (Lipinski definition) is 9. The van der Waals surface area contributed by atoms with Crippen LogP contribution in [0.4, 0.5) is 11.5 Å². The Hall–Kier alpha value is -4.80. The van der Waals surface area contributed by atoms with Gasteiger partial charge in [0.05, 0.1) is 23.3 Å². The van der Waals surface area contributed by atoms with E-state index in [2.05, 4.69) is 20.5 Å². The van der Waals surface area contributed by atoms with Crippen molar-refractivity contribution in [1.82, 2.24) is 25.1 Å². The standard InChI is InChI=1S/C30H35N7O4/c1-18(2)24(33-23(38)17-37-22(16-32-26(31)28(37)40)19-10-8-7-9-11-19)25(39)27-34-35-29(41-27)30(3,4)20-12-14-21(15-13-20)36(5)6/h7-16,18,24H,17H2,1-6H3,(H2,31,32)(H,33,38)/t24-/m0/s1. The third kappa shape index (κ3) is 6.19. The van der Waals surface area contributed by atoms with E-state index in [1.165, 1.54) is 10.8 Å². The minimum Gasteiger partial charge on any atom is -0.417 e. The lowest BCUT2D eigenvalue weighted by Crippen LogP contribution is -2.46. The molecule has 0 spiro atoms. The van der Waals surface area contributed by atoms with Gasteiger partial charge in [0.25, 0.3) is 11.4 Å². The van der Waals surface area contributed by atoms with E-state index in [1.807, 2.05) is 75.3 Å². The molecule has 3 N–H and O–H groups in total. The highest BCUT2D eigenvalue weighted by atomic mass is 16.4. The summed E-state index contributed by atoms with van der Waals surface area (Å²) in [6.07, 6.45) is 1.44. The summed E-state index contributed by atoms with van der Waals surface area (Å²) in [6, 6.07) is 16.1. The molecule has 0 bridgehead atoms. The highest BCUT2D eigenvalue weighted by Crippen LogP contribution is 2.32. The third-order valence-corrected chi connectivity index (χ3v) is 6.99. The maximum atomic E-state index is 13.5. The van der Waals surface area contributed by atoms with Crippen LogP contribution in [0.1, 0.15) is 49.8 Å². The number of nitrogen functional groups attached to an aromatic ring is 1. The molecule has 11 nitrogen and oxygen atoms in total. The molecule has 0 saturated heterocycles. The zero-order valence-electron chi connectivity index (χ0n) is 24.1. The average Bonchev–Trinajstić information content (AvgIpc) is 3.46. The number of carbonyl (C=O) groups is 2. The fraction of sp³-hybridized carbons (Fsp3) is 0.333. The Balaban J connectivity index is 1.55. The van der Waals surface area contributed by atoms with Gasteiger partial charge >= 0.3 is 0 Å². The van der Waals surface area contributed by atoms with Crippen LogP contribution in [-0.2, 0) is 16.8 Å². The molecule has 0 radical (unpaired) electrons. The van der Waals surface area contributed by atoms with Crippen LogP contribution in [-0.4, -0.2) is 51.6 Å². The molecule has 2 heterocycles. The number of carbonyl (C=O) groups excluding carboxylic acids is 2. The number of Topliss-reactive ketones (excluding diaryl/α,β-unsaturated/α-hetero) is 1. The summed E-state index contributed by atoms with van der Waals surface area (Å²) >= 11 is 0. The average molecular weight is 558 g/mol. The Morgan fingerprint density at radius 3 is 2.32 bits per heavy atom. The lowest BCUT2D eigenvalue weighted by Gasteiger charge is -2.22. The maximum absolute atomic E-state index is 13.5. The SMILES string of the molecule is CC(C)[C@H](NC(=O)Cn1c(-c2ccccc2)cnc(N)c1=O)C(=O)c1nnc(C(C)(C)c2ccc(N(C)C)cc2)o1. The van der Waals surface area contributed by atoms with Crippen LogP contribution in [0.2, 0.25) is 0 Å². The molecule has 4 rings (SSSR count). The van der Waals surface area contributed by atoms with Gasteiger partial charge in [0, 0.05) is 19.8 Å². The number of nitrogens with zero attached hydrogens (tertiary/aromatic N) is 5. The lowest BCUT2D eigenvalue weighted by molar-refractivity contribution is -0.122. The number of nitrogens with two attached hydrogens (primary N) is 1. The van der Waals surface area contributed by atoms with E-state index in [0.29, 0.717) is 11.3 Å². The predicted molar refractivity (Wildman–Crippen MR) is 157 cm³/mol. The number of rotatable bonds is 10. The summed E-state index contributed by atoms with van der Waals surface area (Å²) in [7, 11) is 3.93. The number of hydrogen-bond donors (Lipinski definition) is 2. The van der Waals surface area contributed by atoms with Gasteiger partial charge in [0.15, 0.2) is 5.82 Å². The monoisotopic (exact) mass is 557 g/mol. The van der Waals surface area contributed by atoms with E-state index >= 15 is 0 Å². The summed E-state index contributed by atoms with van der Waals surface area (Å²) in [4.78, 5) is 45.4. The number of anilines is 2. The molecule has 2 aromatic heterocycles. The van der Waals surface area contributed by atoms with Crippen molar-refractivity contribution in [2.75, 3.05) is 24.7 Å². The Kier molecular flexibility index (Phi) is 8.36. The van der Waals surface area contributed by atoms with Gasteiger partial charge in [0.1, 0.15) is 6.54 Å². The second-order valence-corrected chi connectivity index (χ2v) is 10.9. The quantitative estimate of drug-likeness (QED) is 0.280. The van der Waals surface area contributed by atoms with Crippen molar-refractivity contribution in [3.63, 3.8) is 0 Å². The maximum Gasteiger partial charge on any atom is 0.294 e. The van der Waals surface area contributed by atoms with E-state index in [4.69, 9.17) is 10.2 Å². The summed E-state index contributed by atoms with van der Waals surface area (Å²) in [5, 5.41) is 10.9. The van der Waals surface area contributed by atoms with Crippen LogP contribution in [0.15, 0.2) is 70.0 Å². The van der Waals surface area contributed by atoms with Crippen molar-refractivity contribution in [1.29, 1.82) is 0 Å². The summed E-state index contributed by atoms with van der Waals surface area (Å²) in [5.41, 5.74) is 7.60. The Bertz CT molecular complexity index is 1590. The Morgan fingerprint density at radius 1 is 1.05 bits per heavy atom. The predicted octanol–water partition coefficient (Wildman–Crippen LogP) is 3.29. The van der Waals surface area contributed by atoms with E-state index in [9.17, 15) is 14.4 Å². The minimum absolute atomic E-state index is 0.202. The molecule has 0 aliphatic carbocycles. The third-order valence-electron chi connectivity index (χ3n) is 6.99. The van der Waals surface area contributed by atoms with Crippen molar-refractivity contribution in [3.05, 3.63) is 88.5 Å². The number of amides is 1. The first-order valence-electron chi connectivity index (χ1n) is 13.3. The molecule has 1 amide bonds. The van der Waals surface area contributed by atoms with E-state index in [-0.39, 0.29) is 30.1 Å². The largest absolute Gasteiger partial charge is 0.417 e. The molecule has 41 heavy (non-hydrogen) atoms. The molecule has 0 unspecified atom stereocenters. The smallest absolute Gasteiger partial charge is 0.294 e. The van der Waals surface area contributed by atoms with Crippen molar-refractivity contribution >= 4 is 23.2 Å². The van der Waals surface area contributed by atoms with Gasteiger partial charge < -0.3 is 20.4 Å². The molecule has 1 atom stereocenters.